The highest BCUT2D eigenvalue weighted by Crippen LogP contribution is 2.48. The van der Waals surface area contributed by atoms with Gasteiger partial charge in [-0.3, -0.25) is 13.9 Å². The number of esters is 1. The maximum absolute atomic E-state index is 14.4. The zero-order valence-corrected chi connectivity index (χ0v) is 25.9. The predicted octanol–water partition coefficient (Wildman–Crippen LogP) is 4.79. The summed E-state index contributed by atoms with van der Waals surface area (Å²) >= 11 is 0. The summed E-state index contributed by atoms with van der Waals surface area (Å²) in [5.41, 5.74) is 6.90. The molecule has 0 radical (unpaired) electrons. The molecule has 13 nitrogen and oxygen atoms in total. The molecule has 1 saturated heterocycles. The van der Waals surface area contributed by atoms with Crippen molar-refractivity contribution < 1.29 is 32.6 Å². The number of hydrogen-bond acceptors (Lipinski definition) is 11. The van der Waals surface area contributed by atoms with E-state index in [0.717, 1.165) is 10.8 Å². The largest absolute Gasteiger partial charge is 0.479 e. The van der Waals surface area contributed by atoms with E-state index in [1.165, 1.54) is 14.2 Å². The molecule has 1 aliphatic rings. The third kappa shape index (κ3) is 6.30. The van der Waals surface area contributed by atoms with Gasteiger partial charge in [0.25, 0.3) is 0 Å². The monoisotopic (exact) mass is 612 g/mol. The Morgan fingerprint density at radius 3 is 2.63 bits per heavy atom. The average molecular weight is 613 g/mol. The van der Waals surface area contributed by atoms with E-state index >= 15 is 0 Å². The van der Waals surface area contributed by atoms with Gasteiger partial charge in [-0.1, -0.05) is 57.2 Å². The summed E-state index contributed by atoms with van der Waals surface area (Å²) in [6, 6.07) is 12.1. The van der Waals surface area contributed by atoms with Crippen molar-refractivity contribution in [2.24, 2.45) is 11.8 Å². The van der Waals surface area contributed by atoms with Crippen molar-refractivity contribution in [3.8, 4) is 11.6 Å². The molecule has 2 aromatic carbocycles. The van der Waals surface area contributed by atoms with Gasteiger partial charge in [0.15, 0.2) is 11.2 Å². The number of hydrogen-bond donors (Lipinski definition) is 2. The van der Waals surface area contributed by atoms with Crippen LogP contribution in [0.3, 0.4) is 0 Å². The summed E-state index contributed by atoms with van der Waals surface area (Å²) < 4.78 is 45.1. The fourth-order valence-corrected chi connectivity index (χ4v) is 7.01. The number of rotatable bonds is 11. The standard InChI is InChI=1S/C29H37N6O7P/c1-16(2)23(28(36)39-6)34-43(37,42-22-13-9-11-19-10-7-8-12-21(19)22)40-15-20-14-17(3)27(41-20)35-18(4)31-24-25(35)32-29(30)33-26(24)38-5/h7-13,16-17,20,23,27H,14-15H2,1-6H3,(H,34,37)(H2,30,32,33). The first-order valence-electron chi connectivity index (χ1n) is 14.0. The number of carbonyl (C=O) groups is 1. The lowest BCUT2D eigenvalue weighted by molar-refractivity contribution is -0.143. The number of nitrogens with two attached hydrogens (primary N) is 1. The van der Waals surface area contributed by atoms with Crippen LogP contribution >= 0.6 is 7.75 Å². The number of nitrogens with zero attached hydrogens (tertiary/aromatic N) is 4. The van der Waals surface area contributed by atoms with Gasteiger partial charge in [-0.05, 0) is 30.7 Å². The normalized spacial score (nSPS) is 20.8. The zero-order chi connectivity index (χ0) is 30.9. The van der Waals surface area contributed by atoms with Crippen LogP contribution in [0.4, 0.5) is 5.95 Å². The van der Waals surface area contributed by atoms with Crippen LogP contribution in [0.2, 0.25) is 0 Å². The van der Waals surface area contributed by atoms with Crippen LogP contribution in [0.25, 0.3) is 21.9 Å². The molecule has 0 amide bonds. The lowest BCUT2D eigenvalue weighted by Gasteiger charge is -2.27. The van der Waals surface area contributed by atoms with E-state index in [4.69, 9.17) is 29.0 Å². The molecule has 5 atom stereocenters. The molecule has 3 heterocycles. The SMILES string of the molecule is COC(=O)C(NP(=O)(OCC1CC(C)C(n2c(C)nc3c(OC)nc(N)nc32)O1)Oc1cccc2ccccc12)C(C)C. The number of aryl methyl sites for hydroxylation is 1. The number of nitrogens with one attached hydrogen (secondary N) is 1. The molecule has 1 aliphatic heterocycles. The number of benzene rings is 2. The predicted molar refractivity (Wildman–Crippen MR) is 161 cm³/mol. The summed E-state index contributed by atoms with van der Waals surface area (Å²) in [6.45, 7) is 7.42. The Labute approximate surface area is 249 Å². The Morgan fingerprint density at radius 2 is 1.91 bits per heavy atom. The highest BCUT2D eigenvalue weighted by Gasteiger charge is 2.40. The number of nitrogen functional groups attached to an aromatic ring is 1. The van der Waals surface area contributed by atoms with E-state index in [2.05, 4.69) is 20.0 Å². The first-order valence-corrected chi connectivity index (χ1v) is 15.6. The van der Waals surface area contributed by atoms with E-state index in [1.54, 1.807) is 12.1 Å². The zero-order valence-electron chi connectivity index (χ0n) is 25.0. The van der Waals surface area contributed by atoms with Crippen LogP contribution in [0, 0.1) is 18.8 Å². The molecule has 4 aromatic rings. The Hall–Kier alpha value is -3.77. The molecule has 5 rings (SSSR count). The highest BCUT2D eigenvalue weighted by atomic mass is 31.2. The Bertz CT molecular complexity index is 1670. The molecular weight excluding hydrogens is 575 g/mol. The third-order valence-corrected chi connectivity index (χ3v) is 8.94. The Kier molecular flexibility index (Phi) is 8.89. The number of fused-ring (bicyclic) bond motifs is 2. The van der Waals surface area contributed by atoms with Gasteiger partial charge in [-0.25, -0.2) is 9.55 Å². The van der Waals surface area contributed by atoms with E-state index in [9.17, 15) is 9.36 Å². The molecule has 0 aliphatic carbocycles. The maximum Gasteiger partial charge on any atom is 0.459 e. The molecule has 230 valence electrons. The molecular formula is C29H37N6O7P. The summed E-state index contributed by atoms with van der Waals surface area (Å²) in [6.07, 6.45) is -0.331. The van der Waals surface area contributed by atoms with Crippen LogP contribution in [0.5, 0.6) is 11.6 Å². The minimum Gasteiger partial charge on any atom is -0.479 e. The molecule has 5 unspecified atom stereocenters. The number of ether oxygens (including phenoxy) is 3. The van der Waals surface area contributed by atoms with Gasteiger partial charge in [-0.2, -0.15) is 15.1 Å². The van der Waals surface area contributed by atoms with Crippen LogP contribution in [0.15, 0.2) is 42.5 Å². The van der Waals surface area contributed by atoms with E-state index < -0.39 is 32.1 Å². The van der Waals surface area contributed by atoms with Crippen molar-refractivity contribution in [1.82, 2.24) is 24.6 Å². The second-order valence-electron chi connectivity index (χ2n) is 10.9. The van der Waals surface area contributed by atoms with Crippen molar-refractivity contribution in [2.45, 2.75) is 52.5 Å². The fraction of sp³-hybridized carbons (Fsp3) is 0.448. The quantitative estimate of drug-likeness (QED) is 0.176. The molecule has 14 heteroatoms. The maximum atomic E-state index is 14.4. The number of anilines is 1. The third-order valence-electron chi connectivity index (χ3n) is 7.42. The van der Waals surface area contributed by atoms with E-state index in [-0.39, 0.29) is 30.3 Å². The van der Waals surface area contributed by atoms with Crippen molar-refractivity contribution in [1.29, 1.82) is 0 Å². The minimum atomic E-state index is -4.14. The molecule has 0 spiro atoms. The molecule has 43 heavy (non-hydrogen) atoms. The van der Waals surface area contributed by atoms with Crippen molar-refractivity contribution in [2.75, 3.05) is 26.6 Å². The lowest BCUT2D eigenvalue weighted by atomic mass is 10.1. The average Bonchev–Trinajstić information content (AvgIpc) is 3.51. The smallest absolute Gasteiger partial charge is 0.459 e. The number of imidazole rings is 1. The first-order chi connectivity index (χ1) is 20.5. The molecule has 1 fully saturated rings. The fourth-order valence-electron chi connectivity index (χ4n) is 5.31. The van der Waals surface area contributed by atoms with Crippen molar-refractivity contribution in [3.05, 3.63) is 48.3 Å². The van der Waals surface area contributed by atoms with Crippen molar-refractivity contribution in [3.63, 3.8) is 0 Å². The Balaban J connectivity index is 1.41. The van der Waals surface area contributed by atoms with Gasteiger partial charge in [-0.15, -0.1) is 0 Å². The summed E-state index contributed by atoms with van der Waals surface area (Å²) in [4.78, 5) is 25.7. The summed E-state index contributed by atoms with van der Waals surface area (Å²) in [5, 5.41) is 4.49. The van der Waals surface area contributed by atoms with Gasteiger partial charge in [0.05, 0.1) is 26.9 Å². The molecule has 0 bridgehead atoms. The number of aromatic nitrogens is 4. The second kappa shape index (κ2) is 12.5. The van der Waals surface area contributed by atoms with Crippen LogP contribution in [-0.2, 0) is 23.4 Å². The number of methoxy groups -OCH3 is 2. The highest BCUT2D eigenvalue weighted by molar-refractivity contribution is 7.52. The first kappa shape index (κ1) is 30.7. The van der Waals surface area contributed by atoms with Gasteiger partial charge in [0.2, 0.25) is 11.8 Å². The van der Waals surface area contributed by atoms with E-state index in [0.29, 0.717) is 29.2 Å². The van der Waals surface area contributed by atoms with E-state index in [1.807, 2.05) is 62.6 Å². The van der Waals surface area contributed by atoms with Crippen LogP contribution in [-0.4, -0.2) is 58.5 Å². The molecule has 3 N–H and O–H groups in total. The number of carbonyl (C=O) groups excluding carboxylic acids is 1. The topological polar surface area (TPSA) is 162 Å². The van der Waals surface area contributed by atoms with Gasteiger partial charge < -0.3 is 24.5 Å². The molecule has 0 saturated carbocycles. The lowest BCUT2D eigenvalue weighted by Crippen LogP contribution is -2.41. The van der Waals surface area contributed by atoms with Crippen LogP contribution < -0.4 is 20.1 Å². The van der Waals surface area contributed by atoms with Gasteiger partial charge >= 0.3 is 13.7 Å². The second-order valence-corrected chi connectivity index (χ2v) is 12.6. The summed E-state index contributed by atoms with van der Waals surface area (Å²) in [5.74, 6) is 0.498. The van der Waals surface area contributed by atoms with Crippen LogP contribution in [0.1, 0.15) is 39.2 Å². The summed E-state index contributed by atoms with van der Waals surface area (Å²) in [7, 11) is -1.37. The van der Waals surface area contributed by atoms with Gasteiger partial charge in [0.1, 0.15) is 23.8 Å². The van der Waals surface area contributed by atoms with Crippen molar-refractivity contribution >= 4 is 41.6 Å². The molecule has 2 aromatic heterocycles. The Morgan fingerprint density at radius 1 is 1.16 bits per heavy atom. The minimum absolute atomic E-state index is 0.0108. The van der Waals surface area contributed by atoms with Gasteiger partial charge in [0, 0.05) is 11.3 Å².